The van der Waals surface area contributed by atoms with Gasteiger partial charge in [0.25, 0.3) is 0 Å². The SMILES string of the molecule is Cc1ccc2c(c1)[C@@H]1C=CC[C@H]1[C@@H](c1ccc(N=Cc3c(OCc4ccc(Cl)cc4)ccc4ccccc34)cc1)N2. The normalized spacial score (nSPS) is 19.2. The van der Waals surface area contributed by atoms with E-state index in [0.29, 0.717) is 18.4 Å². The van der Waals surface area contributed by atoms with Gasteiger partial charge < -0.3 is 10.1 Å². The summed E-state index contributed by atoms with van der Waals surface area (Å²) in [5, 5.41) is 6.83. The van der Waals surface area contributed by atoms with E-state index in [4.69, 9.17) is 21.3 Å². The Morgan fingerprint density at radius 3 is 2.61 bits per heavy atom. The number of fused-ring (bicyclic) bond motifs is 4. The second-order valence-corrected chi connectivity index (χ2v) is 11.5. The fourth-order valence-electron chi connectivity index (χ4n) is 6.23. The van der Waals surface area contributed by atoms with Crippen molar-refractivity contribution in [2.45, 2.75) is 31.9 Å². The van der Waals surface area contributed by atoms with Gasteiger partial charge in [0, 0.05) is 28.4 Å². The highest BCUT2D eigenvalue weighted by Crippen LogP contribution is 2.50. The molecule has 1 heterocycles. The monoisotopic (exact) mass is 554 g/mol. The Bertz CT molecular complexity index is 1770. The van der Waals surface area contributed by atoms with Crippen LogP contribution in [0, 0.1) is 12.8 Å². The van der Waals surface area contributed by atoms with Crippen LogP contribution in [0.4, 0.5) is 11.4 Å². The zero-order chi connectivity index (χ0) is 27.8. The number of nitrogens with one attached hydrogen (secondary N) is 1. The predicted molar refractivity (Wildman–Crippen MR) is 171 cm³/mol. The summed E-state index contributed by atoms with van der Waals surface area (Å²) in [4.78, 5) is 4.90. The summed E-state index contributed by atoms with van der Waals surface area (Å²) < 4.78 is 6.29. The first-order valence-electron chi connectivity index (χ1n) is 14.2. The molecule has 5 aromatic carbocycles. The van der Waals surface area contributed by atoms with E-state index in [1.165, 1.54) is 22.4 Å². The molecule has 1 N–H and O–H groups in total. The van der Waals surface area contributed by atoms with Gasteiger partial charge in [-0.2, -0.15) is 0 Å². The maximum Gasteiger partial charge on any atom is 0.129 e. The summed E-state index contributed by atoms with van der Waals surface area (Å²) in [6, 6.07) is 36.0. The molecule has 0 saturated carbocycles. The molecule has 4 heteroatoms. The Balaban J connectivity index is 1.15. The third-order valence-corrected chi connectivity index (χ3v) is 8.60. The highest BCUT2D eigenvalue weighted by atomic mass is 35.5. The van der Waals surface area contributed by atoms with Gasteiger partial charge in [-0.1, -0.05) is 96.0 Å². The number of aryl methyl sites for hydroxylation is 1. The van der Waals surface area contributed by atoms with E-state index in [1.807, 2.05) is 36.5 Å². The Labute approximate surface area is 246 Å². The maximum absolute atomic E-state index is 6.29. The Hall–Kier alpha value is -4.34. The predicted octanol–water partition coefficient (Wildman–Crippen LogP) is 9.96. The molecule has 3 atom stereocenters. The number of benzene rings is 5. The molecular weight excluding hydrogens is 524 g/mol. The van der Waals surface area contributed by atoms with Crippen LogP contribution in [0.5, 0.6) is 5.75 Å². The first-order valence-corrected chi connectivity index (χ1v) is 14.6. The Kier molecular flexibility index (Phi) is 6.82. The van der Waals surface area contributed by atoms with Gasteiger partial charge in [-0.3, -0.25) is 4.99 Å². The van der Waals surface area contributed by atoms with Crippen LogP contribution in [0.15, 0.2) is 120 Å². The van der Waals surface area contributed by atoms with Crippen molar-refractivity contribution in [2.24, 2.45) is 10.9 Å². The summed E-state index contributed by atoms with van der Waals surface area (Å²) >= 11 is 6.06. The summed E-state index contributed by atoms with van der Waals surface area (Å²) in [6.45, 7) is 2.63. The van der Waals surface area contributed by atoms with Crippen LogP contribution in [0.25, 0.3) is 10.8 Å². The van der Waals surface area contributed by atoms with Crippen LogP contribution < -0.4 is 10.1 Å². The van der Waals surface area contributed by atoms with Crippen molar-refractivity contribution in [3.8, 4) is 5.75 Å². The molecule has 0 saturated heterocycles. The van der Waals surface area contributed by atoms with E-state index >= 15 is 0 Å². The molecule has 0 bridgehead atoms. The molecule has 0 fully saturated rings. The van der Waals surface area contributed by atoms with E-state index in [2.05, 4.69) is 97.2 Å². The number of allylic oxidation sites excluding steroid dienone is 2. The summed E-state index contributed by atoms with van der Waals surface area (Å²) in [6.07, 6.45) is 7.77. The summed E-state index contributed by atoms with van der Waals surface area (Å²) in [5.41, 5.74) is 8.24. The average Bonchev–Trinajstić information content (AvgIpc) is 3.50. The fourth-order valence-corrected chi connectivity index (χ4v) is 6.35. The number of rotatable bonds is 6. The molecule has 7 rings (SSSR count). The summed E-state index contributed by atoms with van der Waals surface area (Å²) in [7, 11) is 0. The molecule has 1 aliphatic carbocycles. The van der Waals surface area contributed by atoms with E-state index in [9.17, 15) is 0 Å². The van der Waals surface area contributed by atoms with Crippen LogP contribution >= 0.6 is 11.6 Å². The van der Waals surface area contributed by atoms with Crippen molar-refractivity contribution in [3.63, 3.8) is 0 Å². The molecule has 3 nitrogen and oxygen atoms in total. The molecule has 5 aromatic rings. The first kappa shape index (κ1) is 25.6. The molecule has 41 heavy (non-hydrogen) atoms. The van der Waals surface area contributed by atoms with Crippen molar-refractivity contribution >= 4 is 40.0 Å². The van der Waals surface area contributed by atoms with Crippen LogP contribution in [0.3, 0.4) is 0 Å². The maximum atomic E-state index is 6.29. The molecule has 202 valence electrons. The van der Waals surface area contributed by atoms with Crippen molar-refractivity contribution in [3.05, 3.63) is 148 Å². The number of nitrogens with zero attached hydrogens (tertiary/aromatic N) is 1. The van der Waals surface area contributed by atoms with E-state index in [-0.39, 0.29) is 6.04 Å². The third kappa shape index (κ3) is 5.14. The number of aliphatic imine (C=N–C) groups is 1. The number of hydrogen-bond donors (Lipinski definition) is 1. The smallest absolute Gasteiger partial charge is 0.129 e. The van der Waals surface area contributed by atoms with Gasteiger partial charge in [0.1, 0.15) is 12.4 Å². The van der Waals surface area contributed by atoms with Gasteiger partial charge in [-0.05, 0) is 83.1 Å². The lowest BCUT2D eigenvalue weighted by Gasteiger charge is -2.37. The zero-order valence-electron chi connectivity index (χ0n) is 22.9. The molecule has 0 spiro atoms. The van der Waals surface area contributed by atoms with Crippen LogP contribution in [-0.4, -0.2) is 6.21 Å². The topological polar surface area (TPSA) is 33.6 Å². The summed E-state index contributed by atoms with van der Waals surface area (Å²) in [5.74, 6) is 1.79. The number of ether oxygens (including phenoxy) is 1. The average molecular weight is 555 g/mol. The molecule has 0 radical (unpaired) electrons. The van der Waals surface area contributed by atoms with Crippen molar-refractivity contribution in [2.75, 3.05) is 5.32 Å². The van der Waals surface area contributed by atoms with Crippen molar-refractivity contribution < 1.29 is 4.74 Å². The van der Waals surface area contributed by atoms with Gasteiger partial charge in [0.05, 0.1) is 11.7 Å². The molecule has 1 aliphatic heterocycles. The van der Waals surface area contributed by atoms with Crippen molar-refractivity contribution in [1.29, 1.82) is 0 Å². The van der Waals surface area contributed by atoms with Crippen LogP contribution in [0.2, 0.25) is 5.02 Å². The Morgan fingerprint density at radius 2 is 1.76 bits per heavy atom. The highest BCUT2D eigenvalue weighted by Gasteiger charge is 2.37. The van der Waals surface area contributed by atoms with E-state index in [1.54, 1.807) is 0 Å². The van der Waals surface area contributed by atoms with Crippen LogP contribution in [-0.2, 0) is 6.61 Å². The first-order chi connectivity index (χ1) is 20.1. The quantitative estimate of drug-likeness (QED) is 0.167. The van der Waals surface area contributed by atoms with Gasteiger partial charge in [0.2, 0.25) is 0 Å². The minimum Gasteiger partial charge on any atom is -0.488 e. The lowest BCUT2D eigenvalue weighted by molar-refractivity contribution is 0.306. The van der Waals surface area contributed by atoms with Gasteiger partial charge in [-0.25, -0.2) is 0 Å². The molecule has 0 aromatic heterocycles. The highest BCUT2D eigenvalue weighted by molar-refractivity contribution is 6.30. The minimum atomic E-state index is 0.272. The fraction of sp³-hybridized carbons (Fsp3) is 0.162. The molecule has 2 aliphatic rings. The molecule has 0 unspecified atom stereocenters. The number of halogens is 1. The largest absolute Gasteiger partial charge is 0.488 e. The second-order valence-electron chi connectivity index (χ2n) is 11.0. The zero-order valence-corrected chi connectivity index (χ0v) is 23.7. The lowest BCUT2D eigenvalue weighted by Crippen LogP contribution is -2.29. The second kappa shape index (κ2) is 10.9. The number of anilines is 1. The van der Waals surface area contributed by atoms with Gasteiger partial charge in [-0.15, -0.1) is 0 Å². The Morgan fingerprint density at radius 1 is 0.927 bits per heavy atom. The van der Waals surface area contributed by atoms with Gasteiger partial charge >= 0.3 is 0 Å². The van der Waals surface area contributed by atoms with Crippen molar-refractivity contribution in [1.82, 2.24) is 0 Å². The van der Waals surface area contributed by atoms with E-state index < -0.39 is 0 Å². The minimum absolute atomic E-state index is 0.272. The third-order valence-electron chi connectivity index (χ3n) is 8.35. The molecular formula is C37H31ClN2O. The lowest BCUT2D eigenvalue weighted by atomic mass is 9.76. The standard InChI is InChI=1S/C37H31ClN2O/c1-24-9-19-35-33(21-24)31-7-4-8-32(31)37(40-35)27-12-17-29(18-13-27)39-22-34-30-6-3-2-5-26(30)14-20-36(34)41-23-25-10-15-28(38)16-11-25/h2-7,9-22,31-32,37,40H,8,23H2,1H3/t31-,32-,37-/m1/s1. The van der Waals surface area contributed by atoms with Crippen LogP contribution in [0.1, 0.15) is 46.2 Å². The van der Waals surface area contributed by atoms with E-state index in [0.717, 1.165) is 44.8 Å². The van der Waals surface area contributed by atoms with Gasteiger partial charge in [0.15, 0.2) is 0 Å². The number of hydrogen-bond acceptors (Lipinski definition) is 3. The molecule has 0 amide bonds.